The molecule has 0 bridgehead atoms. The summed E-state index contributed by atoms with van der Waals surface area (Å²) in [7, 11) is 0. The Balaban J connectivity index is 1.36. The topological polar surface area (TPSA) is 62.7 Å². The molecule has 0 radical (unpaired) electrons. The Kier molecular flexibility index (Phi) is 7.45. The van der Waals surface area contributed by atoms with E-state index >= 15 is 0 Å². The molecule has 0 amide bonds. The van der Waals surface area contributed by atoms with Crippen molar-refractivity contribution in [3.05, 3.63) is 99.8 Å². The summed E-state index contributed by atoms with van der Waals surface area (Å²) in [5, 5.41) is 11.3. The minimum Gasteiger partial charge on any atom is -0.487 e. The van der Waals surface area contributed by atoms with E-state index in [0.717, 1.165) is 78.2 Å². The molecule has 38 heavy (non-hydrogen) atoms. The van der Waals surface area contributed by atoms with Gasteiger partial charge >= 0.3 is 0 Å². The molecule has 1 saturated heterocycles. The van der Waals surface area contributed by atoms with Crippen molar-refractivity contribution in [2.24, 2.45) is 0 Å². The summed E-state index contributed by atoms with van der Waals surface area (Å²) >= 11 is 6.10. The molecule has 3 aromatic rings. The molecule has 1 N–H and O–H groups in total. The highest BCUT2D eigenvalue weighted by Gasteiger charge is 2.40. The minimum absolute atomic E-state index is 0.225. The number of carbonyl (C=O) groups is 1. The van der Waals surface area contributed by atoms with Gasteiger partial charge in [0.1, 0.15) is 18.1 Å². The Morgan fingerprint density at radius 3 is 2.55 bits per heavy atom. The molecule has 0 aliphatic carbocycles. The van der Waals surface area contributed by atoms with Crippen LogP contribution >= 0.6 is 11.6 Å². The van der Waals surface area contributed by atoms with Crippen LogP contribution in [0.2, 0.25) is 5.02 Å². The van der Waals surface area contributed by atoms with Crippen LogP contribution in [-0.2, 0) is 22.4 Å². The van der Waals surface area contributed by atoms with Crippen LogP contribution in [0.3, 0.4) is 0 Å². The number of rotatable bonds is 6. The maximum atomic E-state index is 12.8. The van der Waals surface area contributed by atoms with Gasteiger partial charge in [0.15, 0.2) is 0 Å². The second-order valence-electron chi connectivity index (χ2n) is 10.9. The molecule has 1 aromatic heterocycles. The fourth-order valence-corrected chi connectivity index (χ4v) is 5.84. The van der Waals surface area contributed by atoms with Crippen LogP contribution < -0.4 is 4.74 Å². The number of Topliss-reactive ketones (excluding diaryl/α,β-unsaturated/α-hetero) is 1. The molecule has 0 spiro atoms. The molecule has 6 heteroatoms. The van der Waals surface area contributed by atoms with Crippen LogP contribution in [0.5, 0.6) is 5.75 Å². The number of carbonyl (C=O) groups excluding carboxylic acids is 1. The van der Waals surface area contributed by atoms with Crippen molar-refractivity contribution in [2.75, 3.05) is 19.6 Å². The Hall–Kier alpha value is -2.99. The lowest BCUT2D eigenvalue weighted by atomic mass is 9.70. The van der Waals surface area contributed by atoms with Gasteiger partial charge in [-0.05, 0) is 100 Å². The van der Waals surface area contributed by atoms with E-state index in [1.807, 2.05) is 48.5 Å². The molecule has 0 atom stereocenters. The second kappa shape index (κ2) is 10.6. The summed E-state index contributed by atoms with van der Waals surface area (Å²) in [5.74, 6) is 1.03. The van der Waals surface area contributed by atoms with Crippen molar-refractivity contribution in [1.82, 2.24) is 9.88 Å². The van der Waals surface area contributed by atoms with Gasteiger partial charge in [0.25, 0.3) is 0 Å². The average Bonchev–Trinajstić information content (AvgIpc) is 3.06. The van der Waals surface area contributed by atoms with Gasteiger partial charge in [-0.25, -0.2) is 0 Å². The molecule has 5 rings (SSSR count). The van der Waals surface area contributed by atoms with Crippen molar-refractivity contribution in [3.8, 4) is 5.75 Å². The molecule has 2 aliphatic rings. The largest absolute Gasteiger partial charge is 0.487 e. The third-order valence-corrected chi connectivity index (χ3v) is 8.35. The Morgan fingerprint density at radius 2 is 1.87 bits per heavy atom. The molecular formula is C32H35ClN2O3. The first-order valence-electron chi connectivity index (χ1n) is 13.3. The van der Waals surface area contributed by atoms with Crippen LogP contribution in [-0.4, -0.2) is 40.4 Å². The van der Waals surface area contributed by atoms with Gasteiger partial charge in [-0.15, -0.1) is 0 Å². The summed E-state index contributed by atoms with van der Waals surface area (Å²) in [6.45, 7) is 8.35. The molecule has 2 aromatic carbocycles. The Bertz CT molecular complexity index is 1350. The number of halogens is 1. The monoisotopic (exact) mass is 530 g/mol. The molecule has 198 valence electrons. The number of ether oxygens (including phenoxy) is 1. The zero-order chi connectivity index (χ0) is 26.9. The van der Waals surface area contributed by atoms with E-state index in [9.17, 15) is 9.90 Å². The van der Waals surface area contributed by atoms with Crippen molar-refractivity contribution in [2.45, 2.75) is 57.7 Å². The summed E-state index contributed by atoms with van der Waals surface area (Å²) in [5.41, 5.74) is 4.56. The Labute approximate surface area is 230 Å². The van der Waals surface area contributed by atoms with Gasteiger partial charge in [-0.3, -0.25) is 9.78 Å². The predicted molar refractivity (Wildman–Crippen MR) is 151 cm³/mol. The number of piperidine rings is 1. The summed E-state index contributed by atoms with van der Waals surface area (Å²) in [6.07, 6.45) is 6.53. The van der Waals surface area contributed by atoms with Crippen LogP contribution in [0, 0.1) is 0 Å². The normalized spacial score (nSPS) is 18.3. The van der Waals surface area contributed by atoms with E-state index in [-0.39, 0.29) is 5.78 Å². The second-order valence-corrected chi connectivity index (χ2v) is 11.4. The van der Waals surface area contributed by atoms with Crippen molar-refractivity contribution < 1.29 is 14.6 Å². The van der Waals surface area contributed by atoms with Gasteiger partial charge in [-0.2, -0.15) is 0 Å². The third kappa shape index (κ3) is 5.28. The van der Waals surface area contributed by atoms with E-state index in [2.05, 4.69) is 22.0 Å². The maximum Gasteiger partial charge on any atom is 0.140 e. The smallest absolute Gasteiger partial charge is 0.140 e. The first-order chi connectivity index (χ1) is 18.2. The molecule has 0 saturated carbocycles. The van der Waals surface area contributed by atoms with Gasteiger partial charge in [-0.1, -0.05) is 41.9 Å². The third-order valence-electron chi connectivity index (χ3n) is 8.10. The van der Waals surface area contributed by atoms with E-state index in [1.54, 1.807) is 27.0 Å². The number of nitrogens with zero attached hydrogens (tertiary/aromatic N) is 2. The van der Waals surface area contributed by atoms with Crippen LogP contribution in [0.4, 0.5) is 0 Å². The zero-order valence-corrected chi connectivity index (χ0v) is 23.1. The average molecular weight is 531 g/mol. The first kappa shape index (κ1) is 26.6. The maximum absolute atomic E-state index is 12.8. The highest BCUT2D eigenvalue weighted by atomic mass is 35.5. The Morgan fingerprint density at radius 1 is 1.13 bits per heavy atom. The number of hydrogen-bond donors (Lipinski definition) is 1. The number of likely N-dealkylation sites (tertiary alicyclic amines) is 1. The summed E-state index contributed by atoms with van der Waals surface area (Å²) in [4.78, 5) is 19.8. The predicted octanol–water partition coefficient (Wildman–Crippen LogP) is 6.30. The number of aromatic nitrogens is 1. The number of ketones is 1. The van der Waals surface area contributed by atoms with Gasteiger partial charge < -0.3 is 14.7 Å². The van der Waals surface area contributed by atoms with Crippen molar-refractivity contribution in [1.29, 1.82) is 0 Å². The van der Waals surface area contributed by atoms with Gasteiger partial charge in [0.2, 0.25) is 0 Å². The minimum atomic E-state index is -0.953. The van der Waals surface area contributed by atoms with Gasteiger partial charge in [0.05, 0.1) is 16.7 Å². The summed E-state index contributed by atoms with van der Waals surface area (Å²) in [6, 6.07) is 17.7. The van der Waals surface area contributed by atoms with Crippen molar-refractivity contribution in [3.63, 3.8) is 0 Å². The number of pyridine rings is 1. The highest BCUT2D eigenvalue weighted by molar-refractivity contribution is 6.30. The molecule has 3 heterocycles. The number of hydrogen-bond acceptors (Lipinski definition) is 5. The standard InChI is InChI=1S/C32H35ClN2O3/c1-22(36)32(23-8-11-25(33)12-9-23)14-18-35(19-15-32)17-5-7-26-27-6-4-16-34-29(27)21-38-30-13-10-24(20-28(26)30)31(2,3)37/h4,6-13,16,20,37H,5,14-15,17-19,21H2,1-3H3/b26-7-. The highest BCUT2D eigenvalue weighted by Crippen LogP contribution is 2.40. The van der Waals surface area contributed by atoms with Crippen LogP contribution in [0.1, 0.15) is 68.0 Å². The lowest BCUT2D eigenvalue weighted by Gasteiger charge is -2.40. The number of aliphatic hydroxyl groups is 1. The van der Waals surface area contributed by atoms with Crippen LogP contribution in [0.25, 0.3) is 5.57 Å². The van der Waals surface area contributed by atoms with Crippen LogP contribution in [0.15, 0.2) is 66.9 Å². The molecule has 0 unspecified atom stereocenters. The lowest BCUT2D eigenvalue weighted by molar-refractivity contribution is -0.124. The number of fused-ring (bicyclic) bond motifs is 2. The molecular weight excluding hydrogens is 496 g/mol. The molecule has 1 fully saturated rings. The van der Waals surface area contributed by atoms with E-state index in [4.69, 9.17) is 16.3 Å². The lowest BCUT2D eigenvalue weighted by Crippen LogP contribution is -2.46. The van der Waals surface area contributed by atoms with E-state index in [0.29, 0.717) is 11.6 Å². The van der Waals surface area contributed by atoms with E-state index < -0.39 is 11.0 Å². The molecule has 2 aliphatic heterocycles. The SMILES string of the molecule is CC(=O)C1(c2ccc(Cl)cc2)CCN(CC/C=C2\c3cc(C(C)(C)O)ccc3OCc3ncccc32)CC1. The summed E-state index contributed by atoms with van der Waals surface area (Å²) < 4.78 is 6.13. The van der Waals surface area contributed by atoms with Gasteiger partial charge in [0, 0.05) is 28.9 Å². The zero-order valence-electron chi connectivity index (χ0n) is 22.3. The fourth-order valence-electron chi connectivity index (χ4n) is 5.72. The first-order valence-corrected chi connectivity index (χ1v) is 13.7. The fraction of sp³-hybridized carbons (Fsp3) is 0.375. The molecule has 5 nitrogen and oxygen atoms in total. The quantitative estimate of drug-likeness (QED) is 0.405. The van der Waals surface area contributed by atoms with E-state index in [1.165, 1.54) is 0 Å². The van der Waals surface area contributed by atoms with Crippen molar-refractivity contribution >= 4 is 23.0 Å². The number of benzene rings is 2.